The molecule has 0 bridgehead atoms. The molecule has 1 aliphatic heterocycles. The molecule has 0 amide bonds. The third-order valence-electron chi connectivity index (χ3n) is 4.28. The molecule has 1 saturated heterocycles. The van der Waals surface area contributed by atoms with Crippen LogP contribution in [0.15, 0.2) is 24.4 Å². The van der Waals surface area contributed by atoms with E-state index in [2.05, 4.69) is 53.0 Å². The fourth-order valence-electron chi connectivity index (χ4n) is 3.16. The number of fused-ring (bicyclic) bond motifs is 1. The molecule has 1 aliphatic rings. The van der Waals surface area contributed by atoms with Gasteiger partial charge in [0.15, 0.2) is 0 Å². The maximum Gasteiger partial charge on any atom is 0.143 e. The number of hydrogen-bond acceptors (Lipinski definition) is 3. The highest BCUT2D eigenvalue weighted by Crippen LogP contribution is 2.32. The molecule has 114 valence electrons. The summed E-state index contributed by atoms with van der Waals surface area (Å²) < 4.78 is 7.92. The molecule has 0 spiro atoms. The van der Waals surface area contributed by atoms with Crippen LogP contribution >= 0.6 is 0 Å². The molecule has 0 atom stereocenters. The van der Waals surface area contributed by atoms with Gasteiger partial charge < -0.3 is 14.6 Å². The molecule has 0 unspecified atom stereocenters. The van der Waals surface area contributed by atoms with Gasteiger partial charge in [0.1, 0.15) is 5.75 Å². The van der Waals surface area contributed by atoms with E-state index in [0.717, 1.165) is 38.5 Å². The van der Waals surface area contributed by atoms with Crippen LogP contribution in [0, 0.1) is 0 Å². The molecule has 21 heavy (non-hydrogen) atoms. The van der Waals surface area contributed by atoms with Gasteiger partial charge in [0.05, 0.1) is 12.6 Å². The van der Waals surface area contributed by atoms with Crippen LogP contribution in [0.3, 0.4) is 0 Å². The lowest BCUT2D eigenvalue weighted by Gasteiger charge is -2.26. The quantitative estimate of drug-likeness (QED) is 0.937. The Morgan fingerprint density at radius 3 is 2.67 bits per heavy atom. The van der Waals surface area contributed by atoms with E-state index >= 15 is 0 Å². The zero-order valence-electron chi connectivity index (χ0n) is 13.2. The molecule has 0 aliphatic carbocycles. The van der Waals surface area contributed by atoms with E-state index in [1.54, 1.807) is 7.11 Å². The molecule has 1 N–H and O–H groups in total. The third-order valence-corrected chi connectivity index (χ3v) is 4.28. The first kappa shape index (κ1) is 14.4. The average Bonchev–Trinajstić information content (AvgIpc) is 2.87. The van der Waals surface area contributed by atoms with Crippen LogP contribution in [0.5, 0.6) is 5.75 Å². The first-order chi connectivity index (χ1) is 10.2. The van der Waals surface area contributed by atoms with Crippen LogP contribution in [0.2, 0.25) is 0 Å². The van der Waals surface area contributed by atoms with Crippen molar-refractivity contribution in [1.82, 2.24) is 14.8 Å². The Labute approximate surface area is 126 Å². The zero-order valence-corrected chi connectivity index (χ0v) is 13.2. The van der Waals surface area contributed by atoms with Gasteiger partial charge in [-0.25, -0.2) is 0 Å². The molecule has 4 heteroatoms. The number of methoxy groups -OCH3 is 1. The predicted octanol–water partition coefficient (Wildman–Crippen LogP) is 2.64. The van der Waals surface area contributed by atoms with Crippen molar-refractivity contribution in [2.45, 2.75) is 26.4 Å². The summed E-state index contributed by atoms with van der Waals surface area (Å²) in [5.41, 5.74) is 2.62. The smallest absolute Gasteiger partial charge is 0.143 e. The molecule has 2 heterocycles. The first-order valence-corrected chi connectivity index (χ1v) is 7.80. The van der Waals surface area contributed by atoms with Crippen molar-refractivity contribution in [3.05, 3.63) is 30.0 Å². The summed E-state index contributed by atoms with van der Waals surface area (Å²) in [7, 11) is 1.75. The molecule has 0 radical (unpaired) electrons. The molecular weight excluding hydrogens is 262 g/mol. The van der Waals surface area contributed by atoms with Crippen molar-refractivity contribution >= 4 is 10.9 Å². The van der Waals surface area contributed by atoms with E-state index < -0.39 is 0 Å². The fraction of sp³-hybridized carbons (Fsp3) is 0.529. The number of ether oxygens (including phenoxy) is 1. The van der Waals surface area contributed by atoms with Crippen LogP contribution in [0.4, 0.5) is 0 Å². The molecule has 1 aromatic carbocycles. The summed E-state index contributed by atoms with van der Waals surface area (Å²) in [6.07, 6.45) is 2.31. The Kier molecular flexibility index (Phi) is 4.17. The lowest BCUT2D eigenvalue weighted by Crippen LogP contribution is -2.42. The van der Waals surface area contributed by atoms with Crippen molar-refractivity contribution < 1.29 is 4.74 Å². The monoisotopic (exact) mass is 287 g/mol. The molecular formula is C17H25N3O. The standard InChI is InChI=1S/C17H25N3O/c1-13(2)20-12-14(11-19-9-7-18-8-10-19)15-5-4-6-16(21-3)17(15)20/h4-6,12-13,18H,7-11H2,1-3H3. The summed E-state index contributed by atoms with van der Waals surface area (Å²) in [6, 6.07) is 6.79. The zero-order chi connectivity index (χ0) is 14.8. The topological polar surface area (TPSA) is 29.4 Å². The first-order valence-electron chi connectivity index (χ1n) is 7.80. The van der Waals surface area contributed by atoms with E-state index in [1.165, 1.54) is 16.5 Å². The van der Waals surface area contributed by atoms with Gasteiger partial charge in [-0.3, -0.25) is 4.90 Å². The molecule has 4 nitrogen and oxygen atoms in total. The van der Waals surface area contributed by atoms with Crippen molar-refractivity contribution in [3.63, 3.8) is 0 Å². The van der Waals surface area contributed by atoms with E-state index in [9.17, 15) is 0 Å². The van der Waals surface area contributed by atoms with Crippen molar-refractivity contribution in [1.29, 1.82) is 0 Å². The van der Waals surface area contributed by atoms with Gasteiger partial charge in [0, 0.05) is 50.3 Å². The van der Waals surface area contributed by atoms with Crippen LogP contribution in [-0.2, 0) is 6.54 Å². The van der Waals surface area contributed by atoms with Gasteiger partial charge in [0.25, 0.3) is 0 Å². The maximum absolute atomic E-state index is 5.58. The Balaban J connectivity index is 2.02. The van der Waals surface area contributed by atoms with Crippen LogP contribution < -0.4 is 10.1 Å². The Hall–Kier alpha value is -1.52. The van der Waals surface area contributed by atoms with Crippen LogP contribution in [0.1, 0.15) is 25.5 Å². The Morgan fingerprint density at radius 1 is 1.24 bits per heavy atom. The summed E-state index contributed by atoms with van der Waals surface area (Å²) in [5.74, 6) is 0.966. The number of piperazine rings is 1. The van der Waals surface area contributed by atoms with Gasteiger partial charge in [-0.05, 0) is 25.5 Å². The highest BCUT2D eigenvalue weighted by atomic mass is 16.5. The number of nitrogens with zero attached hydrogens (tertiary/aromatic N) is 2. The van der Waals surface area contributed by atoms with E-state index in [0.29, 0.717) is 6.04 Å². The number of rotatable bonds is 4. The number of aromatic nitrogens is 1. The lowest BCUT2D eigenvalue weighted by atomic mass is 10.1. The molecule has 1 fully saturated rings. The predicted molar refractivity (Wildman–Crippen MR) is 87.0 cm³/mol. The van der Waals surface area contributed by atoms with Gasteiger partial charge >= 0.3 is 0 Å². The molecule has 2 aromatic rings. The fourth-order valence-corrected chi connectivity index (χ4v) is 3.16. The average molecular weight is 287 g/mol. The van der Waals surface area contributed by atoms with E-state index in [4.69, 9.17) is 4.74 Å². The Bertz CT molecular complexity index is 612. The van der Waals surface area contributed by atoms with Gasteiger partial charge in [-0.2, -0.15) is 0 Å². The number of para-hydroxylation sites is 1. The van der Waals surface area contributed by atoms with Gasteiger partial charge in [-0.15, -0.1) is 0 Å². The summed E-state index contributed by atoms with van der Waals surface area (Å²) in [4.78, 5) is 2.52. The van der Waals surface area contributed by atoms with E-state index in [1.807, 2.05) is 0 Å². The molecule has 1 aromatic heterocycles. The second kappa shape index (κ2) is 6.08. The highest BCUT2D eigenvalue weighted by molar-refractivity contribution is 5.89. The third kappa shape index (κ3) is 2.78. The number of benzene rings is 1. The van der Waals surface area contributed by atoms with Gasteiger partial charge in [0.2, 0.25) is 0 Å². The summed E-state index contributed by atoms with van der Waals surface area (Å²) >= 11 is 0. The number of hydrogen-bond donors (Lipinski definition) is 1. The second-order valence-electron chi connectivity index (χ2n) is 6.04. The largest absolute Gasteiger partial charge is 0.495 e. The van der Waals surface area contributed by atoms with E-state index in [-0.39, 0.29) is 0 Å². The SMILES string of the molecule is COc1cccc2c(CN3CCNCC3)cn(C(C)C)c12. The van der Waals surface area contributed by atoms with Crippen molar-refractivity contribution in [2.75, 3.05) is 33.3 Å². The van der Waals surface area contributed by atoms with Gasteiger partial charge in [-0.1, -0.05) is 12.1 Å². The highest BCUT2D eigenvalue weighted by Gasteiger charge is 2.17. The van der Waals surface area contributed by atoms with Crippen molar-refractivity contribution in [2.24, 2.45) is 0 Å². The van der Waals surface area contributed by atoms with Crippen molar-refractivity contribution in [3.8, 4) is 5.75 Å². The molecule has 0 saturated carbocycles. The minimum Gasteiger partial charge on any atom is -0.495 e. The summed E-state index contributed by atoms with van der Waals surface area (Å²) in [6.45, 7) is 9.89. The maximum atomic E-state index is 5.58. The lowest BCUT2D eigenvalue weighted by molar-refractivity contribution is 0.234. The normalized spacial score (nSPS) is 16.8. The molecule has 3 rings (SSSR count). The van der Waals surface area contributed by atoms with Crippen LogP contribution in [0.25, 0.3) is 10.9 Å². The van der Waals surface area contributed by atoms with Crippen LogP contribution in [-0.4, -0.2) is 42.8 Å². The second-order valence-corrected chi connectivity index (χ2v) is 6.04. The minimum atomic E-state index is 0.431. The Morgan fingerprint density at radius 2 is 2.00 bits per heavy atom. The minimum absolute atomic E-state index is 0.431. The number of nitrogens with one attached hydrogen (secondary N) is 1. The summed E-state index contributed by atoms with van der Waals surface area (Å²) in [5, 5.41) is 4.73.